The number of amides is 1. The van der Waals surface area contributed by atoms with Crippen LogP contribution in [0.4, 0.5) is 0 Å². The molecule has 0 saturated carbocycles. The van der Waals surface area contributed by atoms with Gasteiger partial charge in [0.05, 0.1) is 5.56 Å². The third-order valence-corrected chi connectivity index (χ3v) is 2.23. The van der Waals surface area contributed by atoms with Gasteiger partial charge in [0.1, 0.15) is 5.75 Å². The Morgan fingerprint density at radius 2 is 1.93 bits per heavy atom. The van der Waals surface area contributed by atoms with Crippen molar-refractivity contribution in [2.24, 2.45) is 0 Å². The predicted molar refractivity (Wildman–Crippen MR) is 55.3 cm³/mol. The van der Waals surface area contributed by atoms with Crippen LogP contribution >= 0.6 is 0 Å². The smallest absolute Gasteiger partial charge is 0.257 e. The summed E-state index contributed by atoms with van der Waals surface area (Å²) in [5.41, 5.74) is 0.351. The molecule has 0 saturated heterocycles. The Labute approximate surface area is 84.0 Å². The molecule has 0 heterocycles. The number of hydrogen-bond acceptors (Lipinski definition) is 2. The number of carbonyl (C=O) groups is 1. The minimum atomic E-state index is -0.155. The van der Waals surface area contributed by atoms with E-state index in [1.165, 1.54) is 6.07 Å². The van der Waals surface area contributed by atoms with Crippen molar-refractivity contribution in [3.8, 4) is 5.75 Å². The maximum atomic E-state index is 11.8. The van der Waals surface area contributed by atoms with Crippen LogP contribution in [0.3, 0.4) is 0 Å². The van der Waals surface area contributed by atoms with Gasteiger partial charge in [-0.2, -0.15) is 0 Å². The quantitative estimate of drug-likeness (QED) is 0.779. The Bertz CT molecular complexity index is 334. The van der Waals surface area contributed by atoms with E-state index in [4.69, 9.17) is 0 Å². The van der Waals surface area contributed by atoms with Gasteiger partial charge in [-0.15, -0.1) is 0 Å². The highest BCUT2D eigenvalue weighted by Crippen LogP contribution is 2.17. The minimum Gasteiger partial charge on any atom is -0.507 e. The molecule has 3 heteroatoms. The molecule has 14 heavy (non-hydrogen) atoms. The normalized spacial score (nSPS) is 10.3. The van der Waals surface area contributed by atoms with Crippen LogP contribution in [0.1, 0.15) is 24.2 Å². The Morgan fingerprint density at radius 1 is 1.36 bits per heavy atom. The van der Waals surface area contributed by atoms with Crippen LogP contribution in [-0.2, 0) is 0 Å². The summed E-state index contributed by atoms with van der Waals surface area (Å²) >= 11 is 0. The van der Waals surface area contributed by atoms with Crippen molar-refractivity contribution in [2.75, 3.05) is 7.05 Å². The number of aromatic hydroxyl groups is 1. The molecular formula is C11H15NO2. The molecule has 1 N–H and O–H groups in total. The van der Waals surface area contributed by atoms with E-state index in [9.17, 15) is 9.90 Å². The molecule has 0 aliphatic carbocycles. The molecular weight excluding hydrogens is 178 g/mol. The number of nitrogens with zero attached hydrogens (tertiary/aromatic N) is 1. The first-order chi connectivity index (χ1) is 6.54. The van der Waals surface area contributed by atoms with Crippen molar-refractivity contribution in [1.82, 2.24) is 4.90 Å². The first-order valence-electron chi connectivity index (χ1n) is 4.59. The van der Waals surface area contributed by atoms with Crippen LogP contribution < -0.4 is 0 Å². The molecule has 3 nitrogen and oxygen atoms in total. The van der Waals surface area contributed by atoms with Gasteiger partial charge in [-0.05, 0) is 26.0 Å². The molecule has 0 aliphatic heterocycles. The fraction of sp³-hybridized carbons (Fsp3) is 0.364. The van der Waals surface area contributed by atoms with Crippen molar-refractivity contribution >= 4 is 5.91 Å². The van der Waals surface area contributed by atoms with E-state index in [0.29, 0.717) is 5.56 Å². The van der Waals surface area contributed by atoms with E-state index in [2.05, 4.69) is 0 Å². The molecule has 1 aromatic rings. The van der Waals surface area contributed by atoms with Crippen molar-refractivity contribution < 1.29 is 9.90 Å². The summed E-state index contributed by atoms with van der Waals surface area (Å²) in [6.07, 6.45) is 0. The fourth-order valence-electron chi connectivity index (χ4n) is 1.08. The number of hydrogen-bond donors (Lipinski definition) is 1. The second kappa shape index (κ2) is 4.13. The van der Waals surface area contributed by atoms with Crippen LogP contribution in [0, 0.1) is 0 Å². The second-order valence-electron chi connectivity index (χ2n) is 3.53. The SMILES string of the molecule is CC(C)N(C)C(=O)c1ccccc1O. The lowest BCUT2D eigenvalue weighted by Crippen LogP contribution is -2.32. The summed E-state index contributed by atoms with van der Waals surface area (Å²) in [6, 6.07) is 6.70. The highest BCUT2D eigenvalue weighted by Gasteiger charge is 2.16. The fourth-order valence-corrected chi connectivity index (χ4v) is 1.08. The Hall–Kier alpha value is -1.51. The van der Waals surface area contributed by atoms with Crippen molar-refractivity contribution in [3.05, 3.63) is 29.8 Å². The van der Waals surface area contributed by atoms with Gasteiger partial charge in [0, 0.05) is 13.1 Å². The number of para-hydroxylation sites is 1. The van der Waals surface area contributed by atoms with Gasteiger partial charge in [0.2, 0.25) is 0 Å². The van der Waals surface area contributed by atoms with E-state index in [1.807, 2.05) is 13.8 Å². The minimum absolute atomic E-state index is 0.0324. The maximum Gasteiger partial charge on any atom is 0.257 e. The molecule has 1 rings (SSSR count). The summed E-state index contributed by atoms with van der Waals surface area (Å²) in [5, 5.41) is 9.46. The zero-order chi connectivity index (χ0) is 10.7. The van der Waals surface area contributed by atoms with Crippen LogP contribution in [0.15, 0.2) is 24.3 Å². The number of benzene rings is 1. The molecule has 0 atom stereocenters. The number of rotatable bonds is 2. The molecule has 0 aromatic heterocycles. The zero-order valence-corrected chi connectivity index (χ0v) is 8.69. The summed E-state index contributed by atoms with van der Waals surface area (Å²) < 4.78 is 0. The van der Waals surface area contributed by atoms with E-state index in [1.54, 1.807) is 30.1 Å². The van der Waals surface area contributed by atoms with Crippen molar-refractivity contribution in [3.63, 3.8) is 0 Å². The largest absolute Gasteiger partial charge is 0.507 e. The van der Waals surface area contributed by atoms with Gasteiger partial charge in [-0.25, -0.2) is 0 Å². The maximum absolute atomic E-state index is 11.8. The number of carbonyl (C=O) groups excluding carboxylic acids is 1. The molecule has 0 fully saturated rings. The van der Waals surface area contributed by atoms with Crippen LogP contribution in [-0.4, -0.2) is 29.0 Å². The number of phenolic OH excluding ortho intramolecular Hbond substituents is 1. The molecule has 0 unspecified atom stereocenters. The second-order valence-corrected chi connectivity index (χ2v) is 3.53. The third-order valence-electron chi connectivity index (χ3n) is 2.23. The zero-order valence-electron chi connectivity index (χ0n) is 8.69. The van der Waals surface area contributed by atoms with Gasteiger partial charge >= 0.3 is 0 Å². The van der Waals surface area contributed by atoms with E-state index < -0.39 is 0 Å². The summed E-state index contributed by atoms with van der Waals surface area (Å²) in [5.74, 6) is -0.122. The summed E-state index contributed by atoms with van der Waals surface area (Å²) in [6.45, 7) is 3.86. The summed E-state index contributed by atoms with van der Waals surface area (Å²) in [7, 11) is 1.72. The Kier molecular flexibility index (Phi) is 3.12. The Morgan fingerprint density at radius 3 is 2.43 bits per heavy atom. The Balaban J connectivity index is 2.95. The first kappa shape index (κ1) is 10.6. The molecule has 76 valence electrons. The average molecular weight is 193 g/mol. The molecule has 1 amide bonds. The molecule has 1 aromatic carbocycles. The lowest BCUT2D eigenvalue weighted by molar-refractivity contribution is 0.0752. The van der Waals surface area contributed by atoms with E-state index in [-0.39, 0.29) is 17.7 Å². The molecule has 0 bridgehead atoms. The molecule has 0 radical (unpaired) electrons. The van der Waals surface area contributed by atoms with Gasteiger partial charge in [-0.1, -0.05) is 12.1 Å². The summed E-state index contributed by atoms with van der Waals surface area (Å²) in [4.78, 5) is 13.4. The van der Waals surface area contributed by atoms with Crippen molar-refractivity contribution in [2.45, 2.75) is 19.9 Å². The van der Waals surface area contributed by atoms with Gasteiger partial charge in [0.25, 0.3) is 5.91 Å². The molecule has 0 aliphatic rings. The van der Waals surface area contributed by atoms with Crippen LogP contribution in [0.2, 0.25) is 0 Å². The highest BCUT2D eigenvalue weighted by atomic mass is 16.3. The predicted octanol–water partition coefficient (Wildman–Crippen LogP) is 1.87. The monoisotopic (exact) mass is 193 g/mol. The van der Waals surface area contributed by atoms with E-state index in [0.717, 1.165) is 0 Å². The number of phenols is 1. The standard InChI is InChI=1S/C11H15NO2/c1-8(2)12(3)11(14)9-6-4-5-7-10(9)13/h4-8,13H,1-3H3. The molecule has 0 spiro atoms. The van der Waals surface area contributed by atoms with E-state index >= 15 is 0 Å². The van der Waals surface area contributed by atoms with Crippen LogP contribution in [0.5, 0.6) is 5.75 Å². The highest BCUT2D eigenvalue weighted by molar-refractivity contribution is 5.96. The van der Waals surface area contributed by atoms with Gasteiger partial charge < -0.3 is 10.0 Å². The van der Waals surface area contributed by atoms with Crippen LogP contribution in [0.25, 0.3) is 0 Å². The van der Waals surface area contributed by atoms with Gasteiger partial charge in [0.15, 0.2) is 0 Å². The third kappa shape index (κ3) is 2.05. The topological polar surface area (TPSA) is 40.5 Å². The van der Waals surface area contributed by atoms with Gasteiger partial charge in [-0.3, -0.25) is 4.79 Å². The first-order valence-corrected chi connectivity index (χ1v) is 4.59. The lowest BCUT2D eigenvalue weighted by Gasteiger charge is -2.21. The lowest BCUT2D eigenvalue weighted by atomic mass is 10.1. The van der Waals surface area contributed by atoms with Crippen molar-refractivity contribution in [1.29, 1.82) is 0 Å². The average Bonchev–Trinajstić information content (AvgIpc) is 2.16.